The van der Waals surface area contributed by atoms with Crippen LogP contribution in [0, 0.1) is 12.3 Å². The molecule has 15 heavy (non-hydrogen) atoms. The normalized spacial score (nSPS) is 21.5. The van der Waals surface area contributed by atoms with E-state index in [9.17, 15) is 0 Å². The summed E-state index contributed by atoms with van der Waals surface area (Å²) in [6, 6.07) is 0.767. The van der Waals surface area contributed by atoms with E-state index in [2.05, 4.69) is 23.1 Å². The Morgan fingerprint density at radius 3 is 2.93 bits per heavy atom. The molecule has 1 heterocycles. The minimum absolute atomic E-state index is 0.767. The Morgan fingerprint density at radius 1 is 1.47 bits per heavy atom. The van der Waals surface area contributed by atoms with Crippen molar-refractivity contribution >= 4 is 0 Å². The van der Waals surface area contributed by atoms with E-state index < -0.39 is 0 Å². The molecule has 0 saturated carbocycles. The fourth-order valence-electron chi connectivity index (χ4n) is 2.21. The predicted octanol–water partition coefficient (Wildman–Crippen LogP) is 1.86. The number of hydrogen-bond acceptors (Lipinski definition) is 2. The number of terminal acetylenes is 1. The Bertz CT molecular complexity index is 189. The maximum absolute atomic E-state index is 5.32. The van der Waals surface area contributed by atoms with Crippen LogP contribution in [0.3, 0.4) is 0 Å². The topological polar surface area (TPSA) is 15.3 Å². The van der Waals surface area contributed by atoms with Crippen LogP contribution in [-0.2, 0) is 0 Å². The lowest BCUT2D eigenvalue weighted by atomic mass is 10.0. The number of nitrogens with one attached hydrogen (secondary N) is 1. The minimum Gasteiger partial charge on any atom is -0.314 e. The van der Waals surface area contributed by atoms with Crippen LogP contribution in [0.1, 0.15) is 39.0 Å². The summed E-state index contributed by atoms with van der Waals surface area (Å²) in [6.45, 7) is 6.42. The van der Waals surface area contributed by atoms with Crippen molar-refractivity contribution in [1.29, 1.82) is 0 Å². The van der Waals surface area contributed by atoms with Crippen molar-refractivity contribution in [3.63, 3.8) is 0 Å². The van der Waals surface area contributed by atoms with Crippen LogP contribution >= 0.6 is 0 Å². The molecule has 0 aliphatic carbocycles. The molecule has 1 rings (SSSR count). The van der Waals surface area contributed by atoms with Gasteiger partial charge in [0, 0.05) is 6.04 Å². The van der Waals surface area contributed by atoms with Crippen LogP contribution in [0.25, 0.3) is 0 Å². The van der Waals surface area contributed by atoms with Gasteiger partial charge in [-0.05, 0) is 45.3 Å². The van der Waals surface area contributed by atoms with Gasteiger partial charge in [-0.2, -0.15) is 0 Å². The molecule has 0 bridgehead atoms. The summed E-state index contributed by atoms with van der Waals surface area (Å²) in [5.74, 6) is 2.72. The molecular weight excluding hydrogens is 184 g/mol. The van der Waals surface area contributed by atoms with Gasteiger partial charge in [0.05, 0.1) is 6.54 Å². The molecule has 2 heteroatoms. The zero-order valence-corrected chi connectivity index (χ0v) is 9.97. The van der Waals surface area contributed by atoms with E-state index in [1.54, 1.807) is 0 Å². The summed E-state index contributed by atoms with van der Waals surface area (Å²) >= 11 is 0. The maximum atomic E-state index is 5.32. The summed E-state index contributed by atoms with van der Waals surface area (Å²) < 4.78 is 0. The Balaban J connectivity index is 2.06. The number of hydrogen-bond donors (Lipinski definition) is 1. The van der Waals surface area contributed by atoms with E-state index in [1.807, 2.05) is 0 Å². The molecule has 1 saturated heterocycles. The number of piperidine rings is 1. The third-order valence-electron chi connectivity index (χ3n) is 3.20. The van der Waals surface area contributed by atoms with Crippen molar-refractivity contribution in [3.05, 3.63) is 0 Å². The number of rotatable bonds is 6. The average Bonchev–Trinajstić information content (AvgIpc) is 2.29. The molecule has 0 amide bonds. The highest BCUT2D eigenvalue weighted by Crippen LogP contribution is 2.11. The minimum atomic E-state index is 0.767. The second kappa shape index (κ2) is 7.73. The van der Waals surface area contributed by atoms with Crippen LogP contribution in [-0.4, -0.2) is 37.1 Å². The predicted molar refractivity (Wildman–Crippen MR) is 65.8 cm³/mol. The van der Waals surface area contributed by atoms with Gasteiger partial charge in [-0.3, -0.25) is 4.90 Å². The first-order valence-corrected chi connectivity index (χ1v) is 6.26. The summed E-state index contributed by atoms with van der Waals surface area (Å²) in [7, 11) is 0. The van der Waals surface area contributed by atoms with Crippen molar-refractivity contribution in [2.75, 3.05) is 26.2 Å². The molecule has 86 valence electrons. The third kappa shape index (κ3) is 5.20. The first-order chi connectivity index (χ1) is 7.36. The van der Waals surface area contributed by atoms with Crippen LogP contribution in [0.4, 0.5) is 0 Å². The van der Waals surface area contributed by atoms with Gasteiger partial charge >= 0.3 is 0 Å². The number of nitrogens with zero attached hydrogens (tertiary/aromatic N) is 1. The van der Waals surface area contributed by atoms with Crippen molar-refractivity contribution in [2.24, 2.45) is 0 Å². The third-order valence-corrected chi connectivity index (χ3v) is 3.20. The monoisotopic (exact) mass is 208 g/mol. The zero-order chi connectivity index (χ0) is 10.9. The summed E-state index contributed by atoms with van der Waals surface area (Å²) in [4.78, 5) is 2.34. The molecule has 1 aliphatic heterocycles. The van der Waals surface area contributed by atoms with Gasteiger partial charge in [0.25, 0.3) is 0 Å². The fraction of sp³-hybridized carbons (Fsp3) is 0.846. The van der Waals surface area contributed by atoms with Crippen molar-refractivity contribution in [2.45, 2.75) is 45.1 Å². The average molecular weight is 208 g/mol. The lowest BCUT2D eigenvalue weighted by molar-refractivity contribution is 0.295. The largest absolute Gasteiger partial charge is 0.314 e. The van der Waals surface area contributed by atoms with Gasteiger partial charge in [-0.1, -0.05) is 19.3 Å². The fourth-order valence-corrected chi connectivity index (χ4v) is 2.21. The van der Waals surface area contributed by atoms with E-state index in [0.29, 0.717) is 0 Å². The molecule has 0 spiro atoms. The molecule has 0 aromatic rings. The Kier molecular flexibility index (Phi) is 6.47. The first-order valence-electron chi connectivity index (χ1n) is 6.26. The molecule has 0 radical (unpaired) electrons. The molecule has 1 N–H and O–H groups in total. The van der Waals surface area contributed by atoms with Crippen molar-refractivity contribution in [3.8, 4) is 12.3 Å². The van der Waals surface area contributed by atoms with Gasteiger partial charge < -0.3 is 5.32 Å². The van der Waals surface area contributed by atoms with Crippen LogP contribution in [0.2, 0.25) is 0 Å². The van der Waals surface area contributed by atoms with Crippen LogP contribution < -0.4 is 5.32 Å². The highest BCUT2D eigenvalue weighted by Gasteiger charge is 2.12. The van der Waals surface area contributed by atoms with E-state index in [1.165, 1.54) is 38.6 Å². The molecule has 2 nitrogen and oxygen atoms in total. The quantitative estimate of drug-likeness (QED) is 0.670. The second-order valence-corrected chi connectivity index (χ2v) is 4.36. The molecule has 1 aliphatic rings. The standard InChI is InChI=1S/C13H24N2/c1-3-11-15(4-2)12-7-9-13-8-5-6-10-14-13/h1,13-14H,4-12H2,2H3. The molecule has 1 atom stereocenters. The molecule has 1 unspecified atom stereocenters. The maximum Gasteiger partial charge on any atom is 0.0598 e. The summed E-state index contributed by atoms with van der Waals surface area (Å²) in [5, 5.41) is 3.58. The Hall–Kier alpha value is -0.520. The van der Waals surface area contributed by atoms with Crippen molar-refractivity contribution in [1.82, 2.24) is 10.2 Å². The van der Waals surface area contributed by atoms with Gasteiger partial charge in [-0.25, -0.2) is 0 Å². The Labute approximate surface area is 94.4 Å². The lowest BCUT2D eigenvalue weighted by Gasteiger charge is -2.24. The SMILES string of the molecule is C#CCN(CC)CCCC1CCCCN1. The molecule has 0 aromatic heterocycles. The first kappa shape index (κ1) is 12.5. The van der Waals surface area contributed by atoms with E-state index in [4.69, 9.17) is 6.42 Å². The highest BCUT2D eigenvalue weighted by atomic mass is 15.1. The molecular formula is C13H24N2. The van der Waals surface area contributed by atoms with E-state index >= 15 is 0 Å². The summed E-state index contributed by atoms with van der Waals surface area (Å²) in [6.07, 6.45) is 12.0. The van der Waals surface area contributed by atoms with Crippen LogP contribution in [0.5, 0.6) is 0 Å². The van der Waals surface area contributed by atoms with Gasteiger partial charge in [-0.15, -0.1) is 6.42 Å². The lowest BCUT2D eigenvalue weighted by Crippen LogP contribution is -2.35. The Morgan fingerprint density at radius 2 is 2.33 bits per heavy atom. The van der Waals surface area contributed by atoms with E-state index in [-0.39, 0.29) is 0 Å². The van der Waals surface area contributed by atoms with Crippen molar-refractivity contribution < 1.29 is 0 Å². The van der Waals surface area contributed by atoms with Crippen LogP contribution in [0.15, 0.2) is 0 Å². The summed E-state index contributed by atoms with van der Waals surface area (Å²) in [5.41, 5.74) is 0. The highest BCUT2D eigenvalue weighted by molar-refractivity contribution is 4.87. The van der Waals surface area contributed by atoms with Gasteiger partial charge in [0.15, 0.2) is 0 Å². The zero-order valence-electron chi connectivity index (χ0n) is 9.97. The van der Waals surface area contributed by atoms with E-state index in [0.717, 1.165) is 25.7 Å². The molecule has 0 aromatic carbocycles. The van der Waals surface area contributed by atoms with Gasteiger partial charge in [0.1, 0.15) is 0 Å². The van der Waals surface area contributed by atoms with Gasteiger partial charge in [0.2, 0.25) is 0 Å². The second-order valence-electron chi connectivity index (χ2n) is 4.36. The smallest absolute Gasteiger partial charge is 0.0598 e. The molecule has 1 fully saturated rings.